The standard InChI is InChI=1S/C12H13N3O2/c1-17-10-4-2-9(3-5-10)6-15-8-14-12(13)11(15)7-16/h2-5,7-8H,6,13H2,1H3. The number of nitrogen functional groups attached to an aromatic ring is 1. The highest BCUT2D eigenvalue weighted by Crippen LogP contribution is 2.14. The van der Waals surface area contributed by atoms with E-state index in [1.807, 2.05) is 24.3 Å². The smallest absolute Gasteiger partial charge is 0.170 e. The Labute approximate surface area is 98.8 Å². The number of ether oxygens (including phenoxy) is 1. The SMILES string of the molecule is COc1ccc(Cn2cnc(N)c2C=O)cc1. The molecule has 0 aliphatic rings. The van der Waals surface area contributed by atoms with Gasteiger partial charge in [0.15, 0.2) is 12.1 Å². The molecule has 0 saturated heterocycles. The molecule has 0 bridgehead atoms. The van der Waals surface area contributed by atoms with Crippen molar-refractivity contribution in [3.63, 3.8) is 0 Å². The number of carbonyl (C=O) groups is 1. The fourth-order valence-corrected chi connectivity index (χ4v) is 1.59. The Kier molecular flexibility index (Phi) is 3.09. The number of nitrogens with zero attached hydrogens (tertiary/aromatic N) is 2. The zero-order valence-corrected chi connectivity index (χ0v) is 9.46. The van der Waals surface area contributed by atoms with Gasteiger partial charge in [0.1, 0.15) is 11.4 Å². The lowest BCUT2D eigenvalue weighted by molar-refractivity contribution is 0.111. The maximum absolute atomic E-state index is 10.8. The van der Waals surface area contributed by atoms with Crippen LogP contribution in [0, 0.1) is 0 Å². The summed E-state index contributed by atoms with van der Waals surface area (Å²) < 4.78 is 6.79. The highest BCUT2D eigenvalue weighted by Gasteiger charge is 2.07. The molecule has 0 saturated carbocycles. The summed E-state index contributed by atoms with van der Waals surface area (Å²) in [4.78, 5) is 14.7. The number of anilines is 1. The van der Waals surface area contributed by atoms with Crippen molar-refractivity contribution in [2.45, 2.75) is 6.54 Å². The molecule has 2 N–H and O–H groups in total. The minimum atomic E-state index is 0.258. The molecule has 0 aliphatic heterocycles. The van der Waals surface area contributed by atoms with Crippen molar-refractivity contribution in [3.8, 4) is 5.75 Å². The number of hydrogen-bond acceptors (Lipinski definition) is 4. The van der Waals surface area contributed by atoms with Crippen LogP contribution >= 0.6 is 0 Å². The van der Waals surface area contributed by atoms with E-state index in [0.29, 0.717) is 18.5 Å². The van der Waals surface area contributed by atoms with Crippen LogP contribution in [0.5, 0.6) is 5.75 Å². The highest BCUT2D eigenvalue weighted by molar-refractivity contribution is 5.79. The van der Waals surface area contributed by atoms with Crippen molar-refractivity contribution in [1.82, 2.24) is 9.55 Å². The van der Waals surface area contributed by atoms with Gasteiger partial charge in [-0.2, -0.15) is 0 Å². The van der Waals surface area contributed by atoms with Crippen LogP contribution in [0.25, 0.3) is 0 Å². The molecular formula is C12H13N3O2. The van der Waals surface area contributed by atoms with Crippen LogP contribution in [0.3, 0.4) is 0 Å². The number of methoxy groups -OCH3 is 1. The number of aromatic nitrogens is 2. The molecule has 0 radical (unpaired) electrons. The molecule has 0 atom stereocenters. The molecule has 1 aromatic carbocycles. The van der Waals surface area contributed by atoms with Gasteiger partial charge in [0.2, 0.25) is 0 Å². The van der Waals surface area contributed by atoms with E-state index < -0.39 is 0 Å². The zero-order chi connectivity index (χ0) is 12.3. The molecule has 1 heterocycles. The lowest BCUT2D eigenvalue weighted by atomic mass is 10.2. The first-order valence-electron chi connectivity index (χ1n) is 5.13. The first kappa shape index (κ1) is 11.2. The van der Waals surface area contributed by atoms with Crippen molar-refractivity contribution < 1.29 is 9.53 Å². The number of hydrogen-bond donors (Lipinski definition) is 1. The van der Waals surface area contributed by atoms with E-state index in [-0.39, 0.29) is 5.82 Å². The number of carbonyl (C=O) groups excluding carboxylic acids is 1. The Morgan fingerprint density at radius 1 is 1.41 bits per heavy atom. The van der Waals surface area contributed by atoms with E-state index in [9.17, 15) is 4.79 Å². The first-order valence-corrected chi connectivity index (χ1v) is 5.13. The van der Waals surface area contributed by atoms with Crippen LogP contribution in [0.4, 0.5) is 5.82 Å². The predicted molar refractivity (Wildman–Crippen MR) is 64.1 cm³/mol. The van der Waals surface area contributed by atoms with Gasteiger partial charge in [0, 0.05) is 6.54 Å². The summed E-state index contributed by atoms with van der Waals surface area (Å²) in [5.41, 5.74) is 7.02. The maximum Gasteiger partial charge on any atom is 0.170 e. The van der Waals surface area contributed by atoms with Crippen LogP contribution in [0.1, 0.15) is 16.1 Å². The summed E-state index contributed by atoms with van der Waals surface area (Å²) in [6.07, 6.45) is 2.27. The molecule has 5 nitrogen and oxygen atoms in total. The molecule has 2 aromatic rings. The van der Waals surface area contributed by atoms with Crippen molar-refractivity contribution in [2.75, 3.05) is 12.8 Å². The Morgan fingerprint density at radius 2 is 2.12 bits per heavy atom. The van der Waals surface area contributed by atoms with Crippen molar-refractivity contribution in [2.24, 2.45) is 0 Å². The summed E-state index contributed by atoms with van der Waals surface area (Å²) in [7, 11) is 1.62. The number of rotatable bonds is 4. The quantitative estimate of drug-likeness (QED) is 0.806. The molecular weight excluding hydrogens is 218 g/mol. The van der Waals surface area contributed by atoms with Gasteiger partial charge in [-0.3, -0.25) is 4.79 Å². The average Bonchev–Trinajstić information content (AvgIpc) is 2.71. The number of aldehydes is 1. The third-order valence-electron chi connectivity index (χ3n) is 2.53. The summed E-state index contributed by atoms with van der Waals surface area (Å²) >= 11 is 0. The van der Waals surface area contributed by atoms with Crippen LogP contribution in [-0.4, -0.2) is 22.9 Å². The van der Waals surface area contributed by atoms with Crippen molar-refractivity contribution in [3.05, 3.63) is 41.9 Å². The zero-order valence-electron chi connectivity index (χ0n) is 9.46. The molecule has 0 spiro atoms. The molecule has 0 unspecified atom stereocenters. The van der Waals surface area contributed by atoms with Gasteiger partial charge in [-0.05, 0) is 17.7 Å². The summed E-state index contributed by atoms with van der Waals surface area (Å²) in [6, 6.07) is 7.61. The molecule has 1 aromatic heterocycles. The predicted octanol–water partition coefficient (Wildman–Crippen LogP) is 1.33. The van der Waals surface area contributed by atoms with Crippen molar-refractivity contribution in [1.29, 1.82) is 0 Å². The Hall–Kier alpha value is -2.30. The number of benzene rings is 1. The van der Waals surface area contributed by atoms with Crippen LogP contribution in [-0.2, 0) is 6.54 Å². The molecule has 0 aliphatic carbocycles. The van der Waals surface area contributed by atoms with Gasteiger partial charge in [-0.25, -0.2) is 4.98 Å². The van der Waals surface area contributed by atoms with Crippen molar-refractivity contribution >= 4 is 12.1 Å². The minimum Gasteiger partial charge on any atom is -0.497 e. The second kappa shape index (κ2) is 4.69. The normalized spacial score (nSPS) is 10.2. The van der Waals surface area contributed by atoms with E-state index in [4.69, 9.17) is 10.5 Å². The van der Waals surface area contributed by atoms with Gasteiger partial charge >= 0.3 is 0 Å². The van der Waals surface area contributed by atoms with Crippen LogP contribution < -0.4 is 10.5 Å². The Bertz CT molecular complexity index is 517. The van der Waals surface area contributed by atoms with Crippen LogP contribution in [0.15, 0.2) is 30.6 Å². The van der Waals surface area contributed by atoms with Gasteiger partial charge < -0.3 is 15.0 Å². The summed E-state index contributed by atoms with van der Waals surface area (Å²) in [5, 5.41) is 0. The molecule has 5 heteroatoms. The van der Waals surface area contributed by atoms with E-state index in [1.54, 1.807) is 18.0 Å². The van der Waals surface area contributed by atoms with E-state index in [0.717, 1.165) is 11.3 Å². The largest absolute Gasteiger partial charge is 0.497 e. The number of imidazole rings is 1. The molecule has 0 amide bonds. The average molecular weight is 231 g/mol. The monoisotopic (exact) mass is 231 g/mol. The van der Waals surface area contributed by atoms with Gasteiger partial charge in [0.25, 0.3) is 0 Å². The third kappa shape index (κ3) is 2.28. The first-order chi connectivity index (χ1) is 8.24. The lowest BCUT2D eigenvalue weighted by Crippen LogP contribution is -2.04. The maximum atomic E-state index is 10.8. The summed E-state index contributed by atoms with van der Waals surface area (Å²) in [6.45, 7) is 0.558. The van der Waals surface area contributed by atoms with Gasteiger partial charge in [-0.1, -0.05) is 12.1 Å². The minimum absolute atomic E-state index is 0.258. The number of nitrogens with two attached hydrogens (primary N) is 1. The van der Waals surface area contributed by atoms with E-state index >= 15 is 0 Å². The second-order valence-electron chi connectivity index (χ2n) is 3.61. The fraction of sp³-hybridized carbons (Fsp3) is 0.167. The molecule has 2 rings (SSSR count). The summed E-state index contributed by atoms with van der Waals surface area (Å²) in [5.74, 6) is 1.06. The third-order valence-corrected chi connectivity index (χ3v) is 2.53. The van der Waals surface area contributed by atoms with Gasteiger partial charge in [-0.15, -0.1) is 0 Å². The van der Waals surface area contributed by atoms with Gasteiger partial charge in [0.05, 0.1) is 13.4 Å². The molecule has 17 heavy (non-hydrogen) atoms. The fourth-order valence-electron chi connectivity index (χ4n) is 1.59. The second-order valence-corrected chi connectivity index (χ2v) is 3.61. The lowest BCUT2D eigenvalue weighted by Gasteiger charge is -2.05. The van der Waals surface area contributed by atoms with E-state index in [1.165, 1.54) is 0 Å². The topological polar surface area (TPSA) is 70.1 Å². The van der Waals surface area contributed by atoms with Crippen LogP contribution in [0.2, 0.25) is 0 Å². The van der Waals surface area contributed by atoms with E-state index in [2.05, 4.69) is 4.98 Å². The molecule has 0 fully saturated rings. The Morgan fingerprint density at radius 3 is 2.71 bits per heavy atom. The highest BCUT2D eigenvalue weighted by atomic mass is 16.5. The Balaban J connectivity index is 2.22. The molecule has 88 valence electrons.